The molecule has 0 saturated carbocycles. The Kier molecular flexibility index (Phi) is 11.5. The molecule has 6 aromatic rings. The van der Waals surface area contributed by atoms with Crippen LogP contribution < -0.4 is 10.6 Å². The lowest BCUT2D eigenvalue weighted by atomic mass is 9.95. The molecule has 8 rings (SSSR count). The van der Waals surface area contributed by atoms with Crippen LogP contribution in [0, 0.1) is 37.5 Å². The second kappa shape index (κ2) is 16.9. The highest BCUT2D eigenvalue weighted by Crippen LogP contribution is 2.36. The maximum atomic E-state index is 12.3. The number of piperidine rings is 2. The number of carbonyl (C=O) groups is 2. The number of H-pyrrole nitrogens is 2. The Labute approximate surface area is 335 Å². The molecule has 2 aliphatic rings. The van der Waals surface area contributed by atoms with Gasteiger partial charge >= 0.3 is 0 Å². The number of sulfone groups is 1. The lowest BCUT2D eigenvalue weighted by molar-refractivity contribution is -0.132. The number of carbonyl (C=O) groups excluding carboxylic acids is 2. The second-order valence-electron chi connectivity index (χ2n) is 14.7. The summed E-state index contributed by atoms with van der Waals surface area (Å²) in [6.07, 6.45) is 24.3. The first-order valence-electron chi connectivity index (χ1n) is 18.9. The average molecular weight is 805 g/mol. The zero-order valence-electron chi connectivity index (χ0n) is 32.4. The van der Waals surface area contributed by atoms with Crippen LogP contribution in [0.5, 0.6) is 0 Å². The van der Waals surface area contributed by atoms with Gasteiger partial charge in [0.2, 0.25) is 23.6 Å². The molecule has 0 spiro atoms. The van der Waals surface area contributed by atoms with Crippen molar-refractivity contribution in [1.29, 1.82) is 0 Å². The molecule has 4 N–H and O–H groups in total. The van der Waals surface area contributed by atoms with Crippen LogP contribution in [-0.2, 0) is 19.4 Å². The standard InChI is InChI=1S/C21H23N5O2.C20H21N5O4S/c1-4-5-18(27)26-10-13(2)8-15(11-26)25-19-16-6-7-22-20(16)23-9-17(19)21-24-14(3)12-28-21;1-3-5-17(26)25-9-4-6-13(11-25)23-18-14-7-8-21-19(14)22-10-15(18)20-24-16(12-29-20)30(2,27)28/h1,6-7,9,12-13,15H,5,8,10-11H2,2-3H3,(H2,22,23,25);1,7-8,10,12-13H,4-6,9,11H2,2H3,(H2,21,22,23)/t13-,15+;13-/m01/s1. The van der Waals surface area contributed by atoms with Crippen molar-refractivity contribution in [2.24, 2.45) is 5.92 Å². The fourth-order valence-electron chi connectivity index (χ4n) is 7.47. The molecule has 3 atom stereocenters. The van der Waals surface area contributed by atoms with Crippen LogP contribution in [-0.4, -0.2) is 104 Å². The summed E-state index contributed by atoms with van der Waals surface area (Å²) < 4.78 is 34.7. The number of oxazole rings is 2. The van der Waals surface area contributed by atoms with Gasteiger partial charge in [0.15, 0.2) is 14.9 Å². The van der Waals surface area contributed by atoms with E-state index in [0.717, 1.165) is 77.4 Å². The molecule has 2 saturated heterocycles. The Morgan fingerprint density at radius 3 is 2.00 bits per heavy atom. The van der Waals surface area contributed by atoms with Gasteiger partial charge in [-0.2, -0.15) is 4.98 Å². The summed E-state index contributed by atoms with van der Waals surface area (Å²) in [7, 11) is -3.50. The van der Waals surface area contributed by atoms with E-state index >= 15 is 0 Å². The molecule has 0 aliphatic carbocycles. The highest BCUT2D eigenvalue weighted by molar-refractivity contribution is 7.90. The molecule has 58 heavy (non-hydrogen) atoms. The number of nitrogens with one attached hydrogen (secondary N) is 4. The Morgan fingerprint density at radius 2 is 1.43 bits per heavy atom. The highest BCUT2D eigenvalue weighted by atomic mass is 32.2. The first-order valence-corrected chi connectivity index (χ1v) is 20.8. The summed E-state index contributed by atoms with van der Waals surface area (Å²) in [6, 6.07) is 3.95. The number of amides is 2. The number of nitrogens with zero attached hydrogens (tertiary/aromatic N) is 6. The summed E-state index contributed by atoms with van der Waals surface area (Å²) in [5, 5.41) is 8.78. The van der Waals surface area contributed by atoms with Gasteiger partial charge in [-0.05, 0) is 44.2 Å². The lowest BCUT2D eigenvalue weighted by Gasteiger charge is -2.37. The number of rotatable bonds is 9. The number of aromatic amines is 2. The van der Waals surface area contributed by atoms with Crippen LogP contribution in [0.2, 0.25) is 0 Å². The molecule has 2 fully saturated rings. The minimum absolute atomic E-state index is 0.00548. The highest BCUT2D eigenvalue weighted by Gasteiger charge is 2.30. The number of hydrogen-bond acceptors (Lipinski definition) is 12. The van der Waals surface area contributed by atoms with Crippen molar-refractivity contribution in [2.45, 2.75) is 63.1 Å². The topological polar surface area (TPSA) is 208 Å². The third-order valence-corrected chi connectivity index (χ3v) is 11.1. The molecular formula is C41H44N10O6S. The third kappa shape index (κ3) is 8.69. The summed E-state index contributed by atoms with van der Waals surface area (Å²) in [4.78, 5) is 51.8. The summed E-state index contributed by atoms with van der Waals surface area (Å²) >= 11 is 0. The van der Waals surface area contributed by atoms with Gasteiger partial charge < -0.3 is 39.2 Å². The van der Waals surface area contributed by atoms with Crippen LogP contribution in [0.4, 0.5) is 11.4 Å². The number of aryl methyl sites for hydroxylation is 1. The van der Waals surface area contributed by atoms with Crippen LogP contribution in [0.25, 0.3) is 45.0 Å². The maximum Gasteiger partial charge on any atom is 0.234 e. The smallest absolute Gasteiger partial charge is 0.234 e. The molecule has 6 aromatic heterocycles. The van der Waals surface area contributed by atoms with Crippen LogP contribution in [0.3, 0.4) is 0 Å². The Morgan fingerprint density at radius 1 is 0.862 bits per heavy atom. The third-order valence-electron chi connectivity index (χ3n) is 10.1. The van der Waals surface area contributed by atoms with Gasteiger partial charge in [0.05, 0.1) is 41.0 Å². The lowest BCUT2D eigenvalue weighted by Crippen LogP contribution is -2.48. The van der Waals surface area contributed by atoms with Crippen molar-refractivity contribution in [3.8, 4) is 47.6 Å². The van der Waals surface area contributed by atoms with Crippen molar-refractivity contribution in [3.05, 3.63) is 55.1 Å². The van der Waals surface area contributed by atoms with E-state index in [-0.39, 0.29) is 47.7 Å². The zero-order chi connectivity index (χ0) is 41.0. The minimum atomic E-state index is -3.50. The van der Waals surface area contributed by atoms with E-state index in [0.29, 0.717) is 42.7 Å². The first-order chi connectivity index (χ1) is 27.9. The van der Waals surface area contributed by atoms with Gasteiger partial charge in [-0.1, -0.05) is 18.8 Å². The fraction of sp³-hybridized carbons (Fsp3) is 0.366. The molecule has 17 heteroatoms. The maximum absolute atomic E-state index is 12.3. The Balaban J connectivity index is 0.000000177. The summed E-state index contributed by atoms with van der Waals surface area (Å²) in [6.45, 7) is 6.59. The van der Waals surface area contributed by atoms with Gasteiger partial charge in [0.25, 0.3) is 0 Å². The number of fused-ring (bicyclic) bond motifs is 2. The van der Waals surface area contributed by atoms with E-state index in [1.807, 2.05) is 30.2 Å². The van der Waals surface area contributed by atoms with Gasteiger partial charge in [0.1, 0.15) is 23.8 Å². The fourth-order valence-corrected chi connectivity index (χ4v) is 7.94. The van der Waals surface area contributed by atoms with E-state index in [1.165, 1.54) is 0 Å². The molecule has 2 aliphatic heterocycles. The van der Waals surface area contributed by atoms with Crippen molar-refractivity contribution in [3.63, 3.8) is 0 Å². The minimum Gasteiger partial charge on any atom is -0.444 e. The average Bonchev–Trinajstić information content (AvgIpc) is 4.03. The van der Waals surface area contributed by atoms with Crippen molar-refractivity contribution < 1.29 is 26.8 Å². The Hall–Kier alpha value is -6.59. The van der Waals surface area contributed by atoms with Crippen molar-refractivity contribution in [2.75, 3.05) is 43.1 Å². The number of likely N-dealkylation sites (tertiary alicyclic amines) is 2. The molecule has 16 nitrogen and oxygen atoms in total. The van der Waals surface area contributed by atoms with Gasteiger partial charge in [-0.15, -0.1) is 12.8 Å². The second-order valence-corrected chi connectivity index (χ2v) is 16.7. The number of pyridine rings is 2. The van der Waals surface area contributed by atoms with Crippen molar-refractivity contribution in [1.82, 2.24) is 39.7 Å². The summed E-state index contributed by atoms with van der Waals surface area (Å²) in [5.41, 5.74) is 5.26. The Bertz CT molecular complexity index is 2640. The zero-order valence-corrected chi connectivity index (χ0v) is 33.2. The molecule has 0 unspecified atom stereocenters. The molecule has 0 aromatic carbocycles. The molecule has 8 heterocycles. The van der Waals surface area contributed by atoms with Crippen molar-refractivity contribution >= 4 is 55.1 Å². The number of anilines is 2. The van der Waals surface area contributed by atoms with Crippen LogP contribution >= 0.6 is 0 Å². The van der Waals surface area contributed by atoms with Gasteiger partial charge in [-0.25, -0.2) is 23.4 Å². The van der Waals surface area contributed by atoms with E-state index in [2.05, 4.69) is 59.3 Å². The summed E-state index contributed by atoms with van der Waals surface area (Å²) in [5.74, 6) is 5.86. The van der Waals surface area contributed by atoms with E-state index < -0.39 is 9.84 Å². The van der Waals surface area contributed by atoms with E-state index in [9.17, 15) is 18.0 Å². The number of hydrogen-bond donors (Lipinski definition) is 4. The van der Waals surface area contributed by atoms with E-state index in [4.69, 9.17) is 21.7 Å². The van der Waals surface area contributed by atoms with E-state index in [1.54, 1.807) is 29.8 Å². The molecule has 0 radical (unpaired) electrons. The SMILES string of the molecule is C#CCC(=O)N1CCC[C@@H](Nc2c(-c3nc(S(C)(=O)=O)co3)cnc3[nH]ccc23)C1.C#CCC(=O)N1C[C@@H](C)C[C@@H](Nc2c(-c3nc(C)co3)cnc3[nH]ccc23)C1. The van der Waals surface area contributed by atoms with Gasteiger partial charge in [0, 0.05) is 80.1 Å². The quantitative estimate of drug-likeness (QED) is 0.138. The predicted octanol–water partition coefficient (Wildman–Crippen LogP) is 5.25. The molecule has 300 valence electrons. The number of aromatic nitrogens is 6. The number of terminal acetylenes is 2. The largest absolute Gasteiger partial charge is 0.444 e. The van der Waals surface area contributed by atoms with Crippen LogP contribution in [0.15, 0.2) is 63.3 Å². The normalized spacial score (nSPS) is 18.3. The predicted molar refractivity (Wildman–Crippen MR) is 219 cm³/mol. The molecular weight excluding hydrogens is 761 g/mol. The molecule has 0 bridgehead atoms. The monoisotopic (exact) mass is 804 g/mol. The van der Waals surface area contributed by atoms with Crippen LogP contribution in [0.1, 0.15) is 44.7 Å². The van der Waals surface area contributed by atoms with Gasteiger partial charge in [-0.3, -0.25) is 9.59 Å². The molecule has 2 amide bonds. The first kappa shape index (κ1) is 39.6.